The van der Waals surface area contributed by atoms with E-state index >= 15 is 0 Å². The Labute approximate surface area is 78.1 Å². The van der Waals surface area contributed by atoms with E-state index in [-0.39, 0.29) is 6.61 Å². The molecule has 0 spiro atoms. The summed E-state index contributed by atoms with van der Waals surface area (Å²) in [4.78, 5) is 0. The number of aliphatic hydroxyl groups excluding tert-OH is 1. The Balaban J connectivity index is 2.67. The first kappa shape index (κ1) is 10.2. The maximum atomic E-state index is 9.40. The predicted octanol–water partition coefficient (Wildman–Crippen LogP) is -0.0971. The summed E-state index contributed by atoms with van der Waals surface area (Å²) in [6.45, 7) is 2.32. The molecule has 70 valence electrons. The molecule has 13 heavy (non-hydrogen) atoms. The molecule has 2 N–H and O–H groups in total. The summed E-state index contributed by atoms with van der Waals surface area (Å²) in [7, 11) is -0.863. The quantitative estimate of drug-likeness (QED) is 0.636. The molecule has 0 radical (unpaired) electrons. The van der Waals surface area contributed by atoms with Crippen molar-refractivity contribution >= 4 is 12.6 Å². The van der Waals surface area contributed by atoms with Crippen molar-refractivity contribution in [1.29, 1.82) is 0 Å². The van der Waals surface area contributed by atoms with Gasteiger partial charge in [0, 0.05) is 6.61 Å². The van der Waals surface area contributed by atoms with Crippen LogP contribution >= 0.6 is 0 Å². The molecule has 3 nitrogen and oxygen atoms in total. The van der Waals surface area contributed by atoms with Gasteiger partial charge in [-0.15, -0.1) is 0 Å². The van der Waals surface area contributed by atoms with Crippen LogP contribution in [0, 0.1) is 0 Å². The molecule has 1 aromatic rings. The third-order valence-corrected chi connectivity index (χ3v) is 1.77. The van der Waals surface area contributed by atoms with Gasteiger partial charge in [0.2, 0.25) is 0 Å². The van der Waals surface area contributed by atoms with Gasteiger partial charge in [-0.2, -0.15) is 0 Å². The van der Waals surface area contributed by atoms with Crippen LogP contribution in [0.1, 0.15) is 12.5 Å². The zero-order valence-electron chi connectivity index (χ0n) is 7.60. The van der Waals surface area contributed by atoms with Crippen LogP contribution in [-0.2, 0) is 11.3 Å². The maximum absolute atomic E-state index is 9.40. The van der Waals surface area contributed by atoms with Gasteiger partial charge in [0.05, 0.1) is 6.61 Å². The second-order valence-corrected chi connectivity index (χ2v) is 2.71. The maximum Gasteiger partial charge on any atom is 0.491 e. The van der Waals surface area contributed by atoms with Gasteiger partial charge in [-0.1, -0.05) is 24.3 Å². The standard InChI is InChI=1S/C9H13BO3/c1-2-13-10(12)9-5-3-8(7-11)4-6-9/h3-6,11-12H,2,7H2,1H3. The fourth-order valence-electron chi connectivity index (χ4n) is 1.04. The van der Waals surface area contributed by atoms with Crippen molar-refractivity contribution in [3.05, 3.63) is 29.8 Å². The molecule has 1 rings (SSSR count). The smallest absolute Gasteiger partial charge is 0.423 e. The molecule has 0 aliphatic rings. The van der Waals surface area contributed by atoms with E-state index in [1.807, 2.05) is 6.92 Å². The zero-order valence-corrected chi connectivity index (χ0v) is 7.60. The molecular weight excluding hydrogens is 167 g/mol. The van der Waals surface area contributed by atoms with Crippen LogP contribution in [0.4, 0.5) is 0 Å². The van der Waals surface area contributed by atoms with Gasteiger partial charge >= 0.3 is 7.12 Å². The molecule has 0 atom stereocenters. The molecule has 0 bridgehead atoms. The van der Waals surface area contributed by atoms with E-state index in [9.17, 15) is 5.02 Å². The molecule has 1 aromatic carbocycles. The van der Waals surface area contributed by atoms with Crippen LogP contribution in [0.2, 0.25) is 0 Å². The van der Waals surface area contributed by atoms with Crippen LogP contribution in [0.25, 0.3) is 0 Å². The van der Waals surface area contributed by atoms with E-state index in [0.29, 0.717) is 12.1 Å². The second kappa shape index (κ2) is 5.02. The first-order chi connectivity index (χ1) is 6.27. The molecule has 0 amide bonds. The normalized spacial score (nSPS) is 10.1. The molecule has 4 heteroatoms. The summed E-state index contributed by atoms with van der Waals surface area (Å²) in [5, 5.41) is 18.2. The van der Waals surface area contributed by atoms with Crippen molar-refractivity contribution in [2.75, 3.05) is 6.61 Å². The highest BCUT2D eigenvalue weighted by Crippen LogP contribution is 1.96. The summed E-state index contributed by atoms with van der Waals surface area (Å²) < 4.78 is 4.99. The lowest BCUT2D eigenvalue weighted by atomic mass is 9.79. The van der Waals surface area contributed by atoms with Gasteiger partial charge in [-0.3, -0.25) is 0 Å². The van der Waals surface area contributed by atoms with Crippen molar-refractivity contribution in [3.63, 3.8) is 0 Å². The number of benzene rings is 1. The molecule has 0 unspecified atom stereocenters. The molecule has 0 saturated carbocycles. The summed E-state index contributed by atoms with van der Waals surface area (Å²) in [5.74, 6) is 0. The minimum Gasteiger partial charge on any atom is -0.423 e. The Morgan fingerprint density at radius 2 is 1.92 bits per heavy atom. The lowest BCUT2D eigenvalue weighted by Crippen LogP contribution is -2.33. The van der Waals surface area contributed by atoms with Gasteiger partial charge in [0.25, 0.3) is 0 Å². The van der Waals surface area contributed by atoms with Gasteiger partial charge in [-0.05, 0) is 17.9 Å². The van der Waals surface area contributed by atoms with Crippen molar-refractivity contribution in [3.8, 4) is 0 Å². The summed E-state index contributed by atoms with van der Waals surface area (Å²) >= 11 is 0. The third kappa shape index (κ3) is 2.84. The van der Waals surface area contributed by atoms with Gasteiger partial charge < -0.3 is 14.8 Å². The van der Waals surface area contributed by atoms with Crippen LogP contribution < -0.4 is 5.46 Å². The highest BCUT2D eigenvalue weighted by Gasteiger charge is 2.14. The third-order valence-electron chi connectivity index (χ3n) is 1.77. The molecule has 0 aliphatic carbocycles. The van der Waals surface area contributed by atoms with Crippen LogP contribution in [0.3, 0.4) is 0 Å². The Morgan fingerprint density at radius 3 is 2.38 bits per heavy atom. The topological polar surface area (TPSA) is 49.7 Å². The Bertz CT molecular complexity index is 248. The minimum atomic E-state index is -0.863. The molecule has 0 aliphatic heterocycles. The largest absolute Gasteiger partial charge is 0.491 e. The fraction of sp³-hybridized carbons (Fsp3) is 0.333. The fourth-order valence-corrected chi connectivity index (χ4v) is 1.04. The zero-order chi connectivity index (χ0) is 9.68. The highest BCUT2D eigenvalue weighted by molar-refractivity contribution is 6.59. The minimum absolute atomic E-state index is 0.0189. The predicted molar refractivity (Wildman–Crippen MR) is 51.6 cm³/mol. The van der Waals surface area contributed by atoms with Gasteiger partial charge in [0.1, 0.15) is 0 Å². The Kier molecular flexibility index (Phi) is 3.95. The van der Waals surface area contributed by atoms with Crippen molar-refractivity contribution in [2.45, 2.75) is 13.5 Å². The van der Waals surface area contributed by atoms with E-state index in [1.54, 1.807) is 24.3 Å². The molecular formula is C9H13BO3. The lowest BCUT2D eigenvalue weighted by Gasteiger charge is -2.06. The van der Waals surface area contributed by atoms with E-state index in [0.717, 1.165) is 5.56 Å². The molecule has 0 heterocycles. The number of hydrogen-bond acceptors (Lipinski definition) is 3. The monoisotopic (exact) mass is 180 g/mol. The Morgan fingerprint density at radius 1 is 1.31 bits per heavy atom. The number of rotatable bonds is 4. The van der Waals surface area contributed by atoms with Crippen molar-refractivity contribution in [2.24, 2.45) is 0 Å². The summed E-state index contributed by atoms with van der Waals surface area (Å²) in [6.07, 6.45) is 0. The first-order valence-electron chi connectivity index (χ1n) is 4.27. The van der Waals surface area contributed by atoms with Gasteiger partial charge in [0.15, 0.2) is 0 Å². The van der Waals surface area contributed by atoms with Crippen molar-refractivity contribution in [1.82, 2.24) is 0 Å². The van der Waals surface area contributed by atoms with Crippen LogP contribution in [-0.4, -0.2) is 23.9 Å². The van der Waals surface area contributed by atoms with Crippen molar-refractivity contribution < 1.29 is 14.8 Å². The number of hydrogen-bond donors (Lipinski definition) is 2. The molecule has 0 fully saturated rings. The van der Waals surface area contributed by atoms with Crippen LogP contribution in [0.5, 0.6) is 0 Å². The van der Waals surface area contributed by atoms with E-state index < -0.39 is 7.12 Å². The Hall–Kier alpha value is -0.835. The summed E-state index contributed by atoms with van der Waals surface area (Å²) in [6, 6.07) is 7.01. The summed E-state index contributed by atoms with van der Waals surface area (Å²) in [5.41, 5.74) is 1.53. The molecule has 0 saturated heterocycles. The second-order valence-electron chi connectivity index (χ2n) is 2.71. The average Bonchev–Trinajstić information content (AvgIpc) is 2.18. The average molecular weight is 180 g/mol. The van der Waals surface area contributed by atoms with E-state index in [2.05, 4.69) is 0 Å². The van der Waals surface area contributed by atoms with Gasteiger partial charge in [-0.25, -0.2) is 0 Å². The van der Waals surface area contributed by atoms with E-state index in [4.69, 9.17) is 9.76 Å². The lowest BCUT2D eigenvalue weighted by molar-refractivity contribution is 0.281. The first-order valence-corrected chi connectivity index (χ1v) is 4.27. The SMILES string of the molecule is CCOB(O)c1ccc(CO)cc1. The van der Waals surface area contributed by atoms with E-state index in [1.165, 1.54) is 0 Å². The van der Waals surface area contributed by atoms with Crippen LogP contribution in [0.15, 0.2) is 24.3 Å². The number of aliphatic hydroxyl groups is 1. The highest BCUT2D eigenvalue weighted by atomic mass is 16.5. The molecule has 0 aromatic heterocycles.